The van der Waals surface area contributed by atoms with Gasteiger partial charge in [-0.05, 0) is 25.0 Å². The van der Waals surface area contributed by atoms with Crippen LogP contribution in [-0.2, 0) is 11.2 Å². The minimum Gasteiger partial charge on any atom is -0.508 e. The molecule has 0 bridgehead atoms. The van der Waals surface area contributed by atoms with Gasteiger partial charge in [0.2, 0.25) is 5.91 Å². The van der Waals surface area contributed by atoms with Gasteiger partial charge in [-0.15, -0.1) is 0 Å². The van der Waals surface area contributed by atoms with E-state index in [1.165, 1.54) is 0 Å². The fraction of sp³-hybridized carbons (Fsp3) is 0.300. The molecule has 0 fully saturated rings. The van der Waals surface area contributed by atoms with E-state index < -0.39 is 0 Å². The van der Waals surface area contributed by atoms with Gasteiger partial charge in [0.05, 0.1) is 0 Å². The Labute approximate surface area is 77.2 Å². The van der Waals surface area contributed by atoms with Crippen molar-refractivity contribution < 1.29 is 9.90 Å². The number of nitrogens with two attached hydrogens (primary N) is 1. The first-order chi connectivity index (χ1) is 6.09. The van der Waals surface area contributed by atoms with Crippen molar-refractivity contribution in [3.8, 4) is 5.75 Å². The third-order valence-electron chi connectivity index (χ3n) is 1.88. The number of phenols is 1. The summed E-state index contributed by atoms with van der Waals surface area (Å²) in [6, 6.07) is 5.31. The lowest BCUT2D eigenvalue weighted by molar-refractivity contribution is -0.117. The summed E-state index contributed by atoms with van der Waals surface area (Å²) in [7, 11) is 0. The summed E-state index contributed by atoms with van der Waals surface area (Å²) in [5.41, 5.74) is 6.85. The van der Waals surface area contributed by atoms with Crippen molar-refractivity contribution in [1.29, 1.82) is 0 Å². The van der Waals surface area contributed by atoms with Crippen molar-refractivity contribution in [2.45, 2.75) is 19.8 Å². The van der Waals surface area contributed by atoms with Gasteiger partial charge in [0.15, 0.2) is 0 Å². The molecule has 3 heteroatoms. The Balaban J connectivity index is 2.75. The summed E-state index contributed by atoms with van der Waals surface area (Å²) in [6.07, 6.45) is 0.778. The number of carbonyl (C=O) groups is 1. The highest BCUT2D eigenvalue weighted by atomic mass is 16.3. The van der Waals surface area contributed by atoms with Gasteiger partial charge in [-0.2, -0.15) is 0 Å². The highest BCUT2D eigenvalue weighted by molar-refractivity contribution is 5.74. The van der Waals surface area contributed by atoms with Gasteiger partial charge in [-0.1, -0.05) is 17.7 Å². The normalized spacial score (nSPS) is 9.92. The van der Waals surface area contributed by atoms with E-state index in [4.69, 9.17) is 5.73 Å². The number of aryl methyl sites for hydroxylation is 2. The van der Waals surface area contributed by atoms with Crippen molar-refractivity contribution in [2.24, 2.45) is 5.73 Å². The van der Waals surface area contributed by atoms with Crippen LogP contribution in [0.4, 0.5) is 0 Å². The molecule has 0 unspecified atom stereocenters. The van der Waals surface area contributed by atoms with E-state index in [0.717, 1.165) is 11.1 Å². The van der Waals surface area contributed by atoms with E-state index in [1.54, 1.807) is 6.07 Å². The average Bonchev–Trinajstić information content (AvgIpc) is 2.06. The Kier molecular flexibility index (Phi) is 2.90. The second-order valence-electron chi connectivity index (χ2n) is 3.10. The fourth-order valence-corrected chi connectivity index (χ4v) is 1.17. The SMILES string of the molecule is Cc1ccc(O)c(CCC(N)=O)c1. The zero-order valence-corrected chi connectivity index (χ0v) is 7.58. The molecular formula is C10H13NO2. The molecule has 0 heterocycles. The van der Waals surface area contributed by atoms with Crippen molar-refractivity contribution in [1.82, 2.24) is 0 Å². The lowest BCUT2D eigenvalue weighted by Crippen LogP contribution is -2.11. The van der Waals surface area contributed by atoms with Gasteiger partial charge in [0.25, 0.3) is 0 Å². The standard InChI is InChI=1S/C10H13NO2/c1-7-2-4-9(12)8(6-7)3-5-10(11)13/h2,4,6,12H,3,5H2,1H3,(H2,11,13). The largest absolute Gasteiger partial charge is 0.508 e. The molecular weight excluding hydrogens is 166 g/mol. The Bertz CT molecular complexity index is 321. The van der Waals surface area contributed by atoms with Crippen LogP contribution in [0.5, 0.6) is 5.75 Å². The van der Waals surface area contributed by atoms with Crippen LogP contribution in [0, 0.1) is 6.92 Å². The molecule has 0 aliphatic heterocycles. The first kappa shape index (κ1) is 9.58. The molecule has 1 aromatic rings. The molecule has 0 aliphatic rings. The number of aromatic hydroxyl groups is 1. The Morgan fingerprint density at radius 3 is 2.85 bits per heavy atom. The van der Waals surface area contributed by atoms with Crippen LogP contribution in [0.2, 0.25) is 0 Å². The van der Waals surface area contributed by atoms with Gasteiger partial charge in [-0.25, -0.2) is 0 Å². The third-order valence-corrected chi connectivity index (χ3v) is 1.88. The van der Waals surface area contributed by atoms with E-state index in [1.807, 2.05) is 19.1 Å². The number of primary amides is 1. The van der Waals surface area contributed by atoms with Gasteiger partial charge < -0.3 is 10.8 Å². The second kappa shape index (κ2) is 3.94. The minimum atomic E-state index is -0.346. The van der Waals surface area contributed by atoms with Crippen molar-refractivity contribution in [3.05, 3.63) is 29.3 Å². The van der Waals surface area contributed by atoms with E-state index in [2.05, 4.69) is 0 Å². The van der Waals surface area contributed by atoms with Gasteiger partial charge >= 0.3 is 0 Å². The quantitative estimate of drug-likeness (QED) is 0.730. The smallest absolute Gasteiger partial charge is 0.217 e. The van der Waals surface area contributed by atoms with Crippen LogP contribution < -0.4 is 5.73 Å². The fourth-order valence-electron chi connectivity index (χ4n) is 1.17. The van der Waals surface area contributed by atoms with Crippen LogP contribution in [-0.4, -0.2) is 11.0 Å². The summed E-state index contributed by atoms with van der Waals surface area (Å²) in [6.45, 7) is 1.94. The average molecular weight is 179 g/mol. The number of benzene rings is 1. The van der Waals surface area contributed by atoms with E-state index in [-0.39, 0.29) is 18.1 Å². The predicted molar refractivity (Wildman–Crippen MR) is 50.4 cm³/mol. The van der Waals surface area contributed by atoms with Gasteiger partial charge in [-0.3, -0.25) is 4.79 Å². The highest BCUT2D eigenvalue weighted by Gasteiger charge is 2.02. The molecule has 1 rings (SSSR count). The Morgan fingerprint density at radius 2 is 2.23 bits per heavy atom. The summed E-state index contributed by atoms with van der Waals surface area (Å²) < 4.78 is 0. The number of rotatable bonds is 3. The van der Waals surface area contributed by atoms with Crippen LogP contribution in [0.25, 0.3) is 0 Å². The molecule has 3 N–H and O–H groups in total. The van der Waals surface area contributed by atoms with Crippen LogP contribution in [0.1, 0.15) is 17.5 Å². The molecule has 1 amide bonds. The predicted octanol–water partition coefficient (Wildman–Crippen LogP) is 1.12. The second-order valence-corrected chi connectivity index (χ2v) is 3.10. The summed E-state index contributed by atoms with van der Waals surface area (Å²) in [4.78, 5) is 10.5. The summed E-state index contributed by atoms with van der Waals surface area (Å²) in [5, 5.41) is 9.40. The molecule has 0 saturated carbocycles. The molecule has 0 saturated heterocycles. The zero-order chi connectivity index (χ0) is 9.84. The van der Waals surface area contributed by atoms with E-state index in [9.17, 15) is 9.90 Å². The van der Waals surface area contributed by atoms with Crippen molar-refractivity contribution >= 4 is 5.91 Å². The number of hydrogen-bond donors (Lipinski definition) is 2. The number of amides is 1. The monoisotopic (exact) mass is 179 g/mol. The maximum Gasteiger partial charge on any atom is 0.217 e. The van der Waals surface area contributed by atoms with Crippen LogP contribution in [0.15, 0.2) is 18.2 Å². The first-order valence-corrected chi connectivity index (χ1v) is 4.16. The van der Waals surface area contributed by atoms with Gasteiger partial charge in [0, 0.05) is 6.42 Å². The minimum absolute atomic E-state index is 0.229. The highest BCUT2D eigenvalue weighted by Crippen LogP contribution is 2.19. The Hall–Kier alpha value is -1.51. The molecule has 13 heavy (non-hydrogen) atoms. The number of phenolic OH excluding ortho intramolecular Hbond substituents is 1. The number of hydrogen-bond acceptors (Lipinski definition) is 2. The van der Waals surface area contributed by atoms with E-state index in [0.29, 0.717) is 6.42 Å². The molecule has 0 aliphatic carbocycles. The zero-order valence-electron chi connectivity index (χ0n) is 7.58. The van der Waals surface area contributed by atoms with Crippen molar-refractivity contribution in [3.63, 3.8) is 0 Å². The van der Waals surface area contributed by atoms with Crippen LogP contribution >= 0.6 is 0 Å². The molecule has 0 spiro atoms. The summed E-state index contributed by atoms with van der Waals surface area (Å²) in [5.74, 6) is -0.118. The molecule has 70 valence electrons. The maximum atomic E-state index is 10.5. The third kappa shape index (κ3) is 2.78. The summed E-state index contributed by atoms with van der Waals surface area (Å²) >= 11 is 0. The molecule has 0 aromatic heterocycles. The topological polar surface area (TPSA) is 63.3 Å². The molecule has 0 atom stereocenters. The first-order valence-electron chi connectivity index (χ1n) is 4.16. The molecule has 1 aromatic carbocycles. The van der Waals surface area contributed by atoms with E-state index >= 15 is 0 Å². The van der Waals surface area contributed by atoms with Crippen LogP contribution in [0.3, 0.4) is 0 Å². The van der Waals surface area contributed by atoms with Crippen molar-refractivity contribution in [2.75, 3.05) is 0 Å². The van der Waals surface area contributed by atoms with Gasteiger partial charge in [0.1, 0.15) is 5.75 Å². The maximum absolute atomic E-state index is 10.5. The molecule has 3 nitrogen and oxygen atoms in total. The number of carbonyl (C=O) groups excluding carboxylic acids is 1. The Morgan fingerprint density at radius 1 is 1.54 bits per heavy atom. The lowest BCUT2D eigenvalue weighted by atomic mass is 10.1. The lowest BCUT2D eigenvalue weighted by Gasteiger charge is -2.03. The molecule has 0 radical (unpaired) electrons.